The summed E-state index contributed by atoms with van der Waals surface area (Å²) in [5.74, 6) is 0.993. The number of carbonyl (C=O) groups excluding carboxylic acids is 1. The van der Waals surface area contributed by atoms with Crippen molar-refractivity contribution in [2.24, 2.45) is 0 Å². The maximum Gasteiger partial charge on any atom is 0.407 e. The van der Waals surface area contributed by atoms with Crippen LogP contribution in [0.3, 0.4) is 0 Å². The highest BCUT2D eigenvalue weighted by molar-refractivity contribution is 14.1. The third-order valence-corrected chi connectivity index (χ3v) is 4.63. The fourth-order valence-electron chi connectivity index (χ4n) is 2.40. The van der Waals surface area contributed by atoms with Gasteiger partial charge in [-0.2, -0.15) is 0 Å². The summed E-state index contributed by atoms with van der Waals surface area (Å²) >= 11 is 2.05. The number of nitrogens with one attached hydrogen (secondary N) is 1. The molecule has 1 amide bonds. The van der Waals surface area contributed by atoms with E-state index < -0.39 is 18.3 Å². The van der Waals surface area contributed by atoms with E-state index in [1.165, 1.54) is 14.2 Å². The summed E-state index contributed by atoms with van der Waals surface area (Å²) in [4.78, 5) is 11.8. The normalized spacial score (nSPS) is 12.8. The van der Waals surface area contributed by atoms with Crippen LogP contribution in [-0.4, -0.2) is 43.2 Å². The monoisotopic (exact) mass is 487 g/mol. The van der Waals surface area contributed by atoms with Gasteiger partial charge in [0.1, 0.15) is 18.8 Å². The largest absolute Gasteiger partial charge is 0.493 e. The Labute approximate surface area is 171 Å². The van der Waals surface area contributed by atoms with E-state index in [0.717, 1.165) is 9.13 Å². The maximum atomic E-state index is 11.8. The summed E-state index contributed by atoms with van der Waals surface area (Å²) < 4.78 is 16.3. The molecule has 0 saturated carbocycles. The fourth-order valence-corrected chi connectivity index (χ4v) is 3.25. The zero-order valence-corrected chi connectivity index (χ0v) is 17.2. The maximum absolute atomic E-state index is 11.8. The fraction of sp³-hybridized carbons (Fsp3) is 0.316. The molecule has 7 nitrogen and oxygen atoms in total. The third kappa shape index (κ3) is 5.98. The van der Waals surface area contributed by atoms with Crippen LogP contribution < -0.4 is 14.8 Å². The quantitative estimate of drug-likeness (QED) is 0.496. The van der Waals surface area contributed by atoms with Crippen molar-refractivity contribution in [1.29, 1.82) is 0 Å². The van der Waals surface area contributed by atoms with Crippen LogP contribution in [0.5, 0.6) is 11.5 Å². The molecule has 2 aromatic rings. The molecule has 0 saturated heterocycles. The van der Waals surface area contributed by atoms with Crippen molar-refractivity contribution in [3.8, 4) is 11.5 Å². The highest BCUT2D eigenvalue weighted by atomic mass is 127. The molecule has 27 heavy (non-hydrogen) atoms. The molecule has 3 N–H and O–H groups in total. The summed E-state index contributed by atoms with van der Waals surface area (Å²) in [5, 5.41) is 23.0. The van der Waals surface area contributed by atoms with Crippen molar-refractivity contribution >= 4 is 28.7 Å². The van der Waals surface area contributed by atoms with Gasteiger partial charge in [0.2, 0.25) is 0 Å². The molecule has 0 aliphatic carbocycles. The summed E-state index contributed by atoms with van der Waals surface area (Å²) in [7, 11) is 3.01. The summed E-state index contributed by atoms with van der Waals surface area (Å²) in [6.07, 6.45) is -3.11. The molecule has 0 spiro atoms. The number of aliphatic hydroxyl groups is 2. The Hall–Kier alpha value is -2.04. The molecule has 2 aromatic carbocycles. The first kappa shape index (κ1) is 21.3. The van der Waals surface area contributed by atoms with Gasteiger partial charge in [0.15, 0.2) is 11.5 Å². The van der Waals surface area contributed by atoms with Gasteiger partial charge < -0.3 is 29.7 Å². The van der Waals surface area contributed by atoms with Crippen LogP contribution in [0.25, 0.3) is 0 Å². The van der Waals surface area contributed by atoms with Crippen LogP contribution in [0.1, 0.15) is 17.2 Å². The van der Waals surface area contributed by atoms with E-state index >= 15 is 0 Å². The first-order valence-corrected chi connectivity index (χ1v) is 9.26. The number of amides is 1. The van der Waals surface area contributed by atoms with E-state index in [4.69, 9.17) is 14.2 Å². The number of aliphatic hydroxyl groups excluding tert-OH is 2. The molecule has 8 heteroatoms. The predicted octanol–water partition coefficient (Wildman–Crippen LogP) is 2.63. The summed E-state index contributed by atoms with van der Waals surface area (Å²) in [6, 6.07) is 12.5. The zero-order chi connectivity index (χ0) is 19.8. The molecule has 0 heterocycles. The Balaban J connectivity index is 1.90. The number of alkyl carbamates (subject to hydrolysis) is 1. The number of rotatable bonds is 8. The summed E-state index contributed by atoms with van der Waals surface area (Å²) in [6.45, 7) is -0.0427. The number of ether oxygens (including phenoxy) is 3. The number of benzene rings is 2. The lowest BCUT2D eigenvalue weighted by Crippen LogP contribution is -2.35. The lowest BCUT2D eigenvalue weighted by molar-refractivity contribution is 0.0182. The molecule has 0 aromatic heterocycles. The molecule has 146 valence electrons. The molecule has 2 atom stereocenters. The minimum atomic E-state index is -1.22. The topological polar surface area (TPSA) is 97.2 Å². The standard InChI is InChI=1S/C19H22INO6/c1-25-16-9-13(8-14(20)18(16)26-2)17(23)15(22)10-21-19(24)27-11-12-6-4-3-5-7-12/h3-9,15,17,22-23H,10-11H2,1-2H3,(H,21,24). The van der Waals surface area contributed by atoms with Crippen molar-refractivity contribution < 1.29 is 29.2 Å². The number of halogens is 1. The Morgan fingerprint density at radius 2 is 1.85 bits per heavy atom. The summed E-state index contributed by atoms with van der Waals surface area (Å²) in [5.41, 5.74) is 1.30. The highest BCUT2D eigenvalue weighted by Gasteiger charge is 2.22. The SMILES string of the molecule is COc1cc(C(O)C(O)CNC(=O)OCc2ccccc2)cc(I)c1OC. The molecule has 0 aliphatic rings. The van der Waals surface area contributed by atoms with Crippen LogP contribution in [0.2, 0.25) is 0 Å². The highest BCUT2D eigenvalue weighted by Crippen LogP contribution is 2.35. The predicted molar refractivity (Wildman–Crippen MR) is 108 cm³/mol. The lowest BCUT2D eigenvalue weighted by atomic mass is 10.0. The van der Waals surface area contributed by atoms with Gasteiger partial charge in [-0.05, 0) is 45.9 Å². The number of methoxy groups -OCH3 is 2. The molecule has 0 aliphatic heterocycles. The molecule has 2 unspecified atom stereocenters. The van der Waals surface area contributed by atoms with E-state index in [0.29, 0.717) is 17.1 Å². The smallest absolute Gasteiger partial charge is 0.407 e. The third-order valence-electron chi connectivity index (χ3n) is 3.83. The molecule has 0 bridgehead atoms. The van der Waals surface area contributed by atoms with Crippen molar-refractivity contribution in [2.45, 2.75) is 18.8 Å². The van der Waals surface area contributed by atoms with Gasteiger partial charge >= 0.3 is 6.09 Å². The average Bonchev–Trinajstić information content (AvgIpc) is 2.69. The molecule has 0 fully saturated rings. The van der Waals surface area contributed by atoms with E-state index in [9.17, 15) is 15.0 Å². The Bertz CT molecular complexity index is 755. The van der Waals surface area contributed by atoms with Crippen molar-refractivity contribution in [2.75, 3.05) is 20.8 Å². The molecular weight excluding hydrogens is 465 g/mol. The van der Waals surface area contributed by atoms with Crippen molar-refractivity contribution in [3.63, 3.8) is 0 Å². The average molecular weight is 487 g/mol. The van der Waals surface area contributed by atoms with Crippen LogP contribution >= 0.6 is 22.6 Å². The van der Waals surface area contributed by atoms with Gasteiger partial charge in [-0.15, -0.1) is 0 Å². The van der Waals surface area contributed by atoms with E-state index in [1.54, 1.807) is 12.1 Å². The molecule has 2 rings (SSSR count). The van der Waals surface area contributed by atoms with Crippen molar-refractivity contribution in [1.82, 2.24) is 5.32 Å². The first-order valence-electron chi connectivity index (χ1n) is 8.18. The van der Waals surface area contributed by atoms with Crippen molar-refractivity contribution in [3.05, 3.63) is 57.2 Å². The van der Waals surface area contributed by atoms with E-state index in [-0.39, 0.29) is 13.2 Å². The van der Waals surface area contributed by atoms with Gasteiger partial charge in [-0.1, -0.05) is 30.3 Å². The number of hydrogen-bond acceptors (Lipinski definition) is 6. The zero-order valence-electron chi connectivity index (χ0n) is 15.0. The van der Waals surface area contributed by atoms with Crippen LogP contribution in [-0.2, 0) is 11.3 Å². The second-order valence-electron chi connectivity index (χ2n) is 5.69. The van der Waals surface area contributed by atoms with E-state index in [1.807, 2.05) is 30.3 Å². The number of hydrogen-bond donors (Lipinski definition) is 3. The van der Waals surface area contributed by atoms with Crippen LogP contribution in [0.4, 0.5) is 4.79 Å². The van der Waals surface area contributed by atoms with Crippen LogP contribution in [0.15, 0.2) is 42.5 Å². The minimum absolute atomic E-state index is 0.124. The molecular formula is C19H22INO6. The second kappa shape index (κ2) is 10.3. The van der Waals surface area contributed by atoms with Gasteiger partial charge in [-0.25, -0.2) is 4.79 Å². The minimum Gasteiger partial charge on any atom is -0.493 e. The van der Waals surface area contributed by atoms with E-state index in [2.05, 4.69) is 27.9 Å². The van der Waals surface area contributed by atoms with Gasteiger partial charge in [0.05, 0.1) is 17.8 Å². The lowest BCUT2D eigenvalue weighted by Gasteiger charge is -2.20. The van der Waals surface area contributed by atoms with Gasteiger partial charge in [0, 0.05) is 6.54 Å². The molecule has 0 radical (unpaired) electrons. The first-order chi connectivity index (χ1) is 13.0. The second-order valence-corrected chi connectivity index (χ2v) is 6.86. The van der Waals surface area contributed by atoms with Gasteiger partial charge in [0.25, 0.3) is 0 Å². The number of carbonyl (C=O) groups is 1. The Kier molecular flexibility index (Phi) is 8.14. The Morgan fingerprint density at radius 3 is 2.48 bits per heavy atom. The van der Waals surface area contributed by atoms with Gasteiger partial charge in [-0.3, -0.25) is 0 Å². The van der Waals surface area contributed by atoms with Crippen LogP contribution in [0, 0.1) is 3.57 Å². The Morgan fingerprint density at radius 1 is 1.15 bits per heavy atom.